The van der Waals surface area contributed by atoms with Gasteiger partial charge in [-0.25, -0.2) is 0 Å². The smallest absolute Gasteiger partial charge is 0.256 e. The lowest BCUT2D eigenvalue weighted by molar-refractivity contribution is 0.102. The van der Waals surface area contributed by atoms with Crippen LogP contribution in [0.1, 0.15) is 17.3 Å². The van der Waals surface area contributed by atoms with Crippen LogP contribution in [-0.2, 0) is 0 Å². The normalized spacial score (nSPS) is 10.3. The zero-order chi connectivity index (χ0) is 16.1. The van der Waals surface area contributed by atoms with E-state index in [0.29, 0.717) is 23.6 Å². The number of carbonyl (C=O) groups is 1. The zero-order valence-electron chi connectivity index (χ0n) is 12.8. The molecule has 2 aromatic carbocycles. The fraction of sp³-hybridized carbons (Fsp3) is 0.105. The van der Waals surface area contributed by atoms with Crippen LogP contribution in [0, 0.1) is 0 Å². The van der Waals surface area contributed by atoms with E-state index in [1.807, 2.05) is 49.4 Å². The molecule has 23 heavy (non-hydrogen) atoms. The zero-order valence-corrected chi connectivity index (χ0v) is 12.8. The number of benzene rings is 2. The molecule has 0 fully saturated rings. The number of hydrogen-bond acceptors (Lipinski definition) is 3. The van der Waals surface area contributed by atoms with E-state index in [2.05, 4.69) is 5.32 Å². The van der Waals surface area contributed by atoms with E-state index in [1.54, 1.807) is 24.5 Å². The second kappa shape index (κ2) is 6.83. The van der Waals surface area contributed by atoms with Gasteiger partial charge in [-0.3, -0.25) is 4.79 Å². The van der Waals surface area contributed by atoms with E-state index >= 15 is 0 Å². The number of ether oxygens (including phenoxy) is 1. The van der Waals surface area contributed by atoms with Gasteiger partial charge in [0.1, 0.15) is 11.5 Å². The number of furan rings is 1. The van der Waals surface area contributed by atoms with Crippen molar-refractivity contribution in [2.75, 3.05) is 11.9 Å². The Balaban J connectivity index is 1.86. The Morgan fingerprint density at radius 3 is 2.74 bits per heavy atom. The Kier molecular flexibility index (Phi) is 4.43. The average molecular weight is 307 g/mol. The van der Waals surface area contributed by atoms with Gasteiger partial charge >= 0.3 is 0 Å². The lowest BCUT2D eigenvalue weighted by Crippen LogP contribution is -2.13. The van der Waals surface area contributed by atoms with Crippen LogP contribution in [0.5, 0.6) is 5.75 Å². The first kappa shape index (κ1) is 14.9. The molecule has 1 amide bonds. The van der Waals surface area contributed by atoms with Crippen LogP contribution in [0.3, 0.4) is 0 Å². The van der Waals surface area contributed by atoms with Crippen LogP contribution < -0.4 is 10.1 Å². The van der Waals surface area contributed by atoms with Crippen molar-refractivity contribution < 1.29 is 13.9 Å². The van der Waals surface area contributed by atoms with Crippen LogP contribution in [-0.4, -0.2) is 12.5 Å². The fourth-order valence-corrected chi connectivity index (χ4v) is 2.36. The summed E-state index contributed by atoms with van der Waals surface area (Å²) in [6.45, 7) is 2.50. The predicted molar refractivity (Wildman–Crippen MR) is 89.7 cm³/mol. The molecule has 0 radical (unpaired) electrons. The SMILES string of the molecule is CCOc1cccc(NC(=O)c2ccccc2-c2ccco2)c1. The van der Waals surface area contributed by atoms with Crippen molar-refractivity contribution in [2.45, 2.75) is 6.92 Å². The molecule has 4 nitrogen and oxygen atoms in total. The van der Waals surface area contributed by atoms with Gasteiger partial charge in [0.25, 0.3) is 5.91 Å². The van der Waals surface area contributed by atoms with Gasteiger partial charge in [-0.1, -0.05) is 24.3 Å². The minimum atomic E-state index is -0.189. The Hall–Kier alpha value is -3.01. The molecule has 0 unspecified atom stereocenters. The Morgan fingerprint density at radius 2 is 1.96 bits per heavy atom. The molecular formula is C19H17NO3. The summed E-state index contributed by atoms with van der Waals surface area (Å²) < 4.78 is 10.9. The van der Waals surface area contributed by atoms with Gasteiger partial charge in [0.05, 0.1) is 18.4 Å². The summed E-state index contributed by atoms with van der Waals surface area (Å²) >= 11 is 0. The number of carbonyl (C=O) groups excluding carboxylic acids is 1. The van der Waals surface area contributed by atoms with Crippen molar-refractivity contribution in [1.29, 1.82) is 0 Å². The maximum absolute atomic E-state index is 12.6. The number of anilines is 1. The third-order valence-electron chi connectivity index (χ3n) is 3.36. The summed E-state index contributed by atoms with van der Waals surface area (Å²) in [7, 11) is 0. The summed E-state index contributed by atoms with van der Waals surface area (Å²) in [6.07, 6.45) is 1.59. The number of rotatable bonds is 5. The first-order valence-corrected chi connectivity index (χ1v) is 7.45. The largest absolute Gasteiger partial charge is 0.494 e. The highest BCUT2D eigenvalue weighted by Gasteiger charge is 2.14. The fourth-order valence-electron chi connectivity index (χ4n) is 2.36. The molecule has 0 aliphatic rings. The highest BCUT2D eigenvalue weighted by molar-refractivity contribution is 6.08. The van der Waals surface area contributed by atoms with Crippen LogP contribution in [0.25, 0.3) is 11.3 Å². The minimum Gasteiger partial charge on any atom is -0.494 e. The summed E-state index contributed by atoms with van der Waals surface area (Å²) in [4.78, 5) is 12.6. The summed E-state index contributed by atoms with van der Waals surface area (Å²) in [5.41, 5.74) is 2.01. The van der Waals surface area contributed by atoms with Gasteiger partial charge in [0.2, 0.25) is 0 Å². The van der Waals surface area contributed by atoms with E-state index in [9.17, 15) is 4.79 Å². The van der Waals surface area contributed by atoms with E-state index in [0.717, 1.165) is 11.3 Å². The molecule has 0 aliphatic heterocycles. The van der Waals surface area contributed by atoms with Crippen molar-refractivity contribution >= 4 is 11.6 Å². The van der Waals surface area contributed by atoms with E-state index in [1.165, 1.54) is 0 Å². The first-order chi connectivity index (χ1) is 11.3. The summed E-state index contributed by atoms with van der Waals surface area (Å²) in [6, 6.07) is 18.3. The maximum atomic E-state index is 12.6. The number of hydrogen-bond donors (Lipinski definition) is 1. The number of amides is 1. The van der Waals surface area contributed by atoms with Gasteiger partial charge < -0.3 is 14.5 Å². The second-order valence-corrected chi connectivity index (χ2v) is 4.94. The highest BCUT2D eigenvalue weighted by atomic mass is 16.5. The lowest BCUT2D eigenvalue weighted by Gasteiger charge is -2.10. The van der Waals surface area contributed by atoms with Crippen molar-refractivity contribution in [3.05, 3.63) is 72.5 Å². The first-order valence-electron chi connectivity index (χ1n) is 7.45. The number of nitrogens with one attached hydrogen (secondary N) is 1. The highest BCUT2D eigenvalue weighted by Crippen LogP contribution is 2.25. The molecule has 1 N–H and O–H groups in total. The molecule has 0 saturated carbocycles. The molecule has 3 rings (SSSR count). The molecule has 0 saturated heterocycles. The van der Waals surface area contributed by atoms with Gasteiger partial charge in [-0.2, -0.15) is 0 Å². The molecule has 0 atom stereocenters. The van der Waals surface area contributed by atoms with Crippen molar-refractivity contribution in [2.24, 2.45) is 0 Å². The quantitative estimate of drug-likeness (QED) is 0.749. The summed E-state index contributed by atoms with van der Waals surface area (Å²) in [5, 5.41) is 2.90. The molecule has 0 bridgehead atoms. The lowest BCUT2D eigenvalue weighted by atomic mass is 10.0. The molecular weight excluding hydrogens is 290 g/mol. The molecule has 4 heteroatoms. The van der Waals surface area contributed by atoms with Gasteiger partial charge in [0, 0.05) is 17.3 Å². The Labute approximate surface area is 134 Å². The van der Waals surface area contributed by atoms with Gasteiger partial charge in [-0.15, -0.1) is 0 Å². The maximum Gasteiger partial charge on any atom is 0.256 e. The van der Waals surface area contributed by atoms with Crippen molar-refractivity contribution in [1.82, 2.24) is 0 Å². The standard InChI is InChI=1S/C19H17NO3/c1-2-22-15-8-5-7-14(13-15)20-19(21)17-10-4-3-9-16(17)18-11-6-12-23-18/h3-13H,2H2,1H3,(H,20,21). The van der Waals surface area contributed by atoms with Crippen LogP contribution in [0.2, 0.25) is 0 Å². The average Bonchev–Trinajstić information content (AvgIpc) is 3.10. The topological polar surface area (TPSA) is 51.5 Å². The van der Waals surface area contributed by atoms with Crippen LogP contribution >= 0.6 is 0 Å². The molecule has 1 aromatic heterocycles. The molecule has 3 aromatic rings. The van der Waals surface area contributed by atoms with E-state index in [-0.39, 0.29) is 5.91 Å². The Morgan fingerprint density at radius 1 is 1.09 bits per heavy atom. The van der Waals surface area contributed by atoms with Crippen molar-refractivity contribution in [3.8, 4) is 17.1 Å². The second-order valence-electron chi connectivity index (χ2n) is 4.94. The van der Waals surface area contributed by atoms with Crippen LogP contribution in [0.4, 0.5) is 5.69 Å². The van der Waals surface area contributed by atoms with Gasteiger partial charge in [0.15, 0.2) is 0 Å². The molecule has 1 heterocycles. The third-order valence-corrected chi connectivity index (χ3v) is 3.36. The summed E-state index contributed by atoms with van der Waals surface area (Å²) in [5.74, 6) is 1.20. The van der Waals surface area contributed by atoms with E-state index < -0.39 is 0 Å². The van der Waals surface area contributed by atoms with Crippen molar-refractivity contribution in [3.63, 3.8) is 0 Å². The monoisotopic (exact) mass is 307 g/mol. The predicted octanol–water partition coefficient (Wildman–Crippen LogP) is 4.60. The molecule has 116 valence electrons. The van der Waals surface area contributed by atoms with Crippen LogP contribution in [0.15, 0.2) is 71.3 Å². The Bertz CT molecular complexity index is 794. The third kappa shape index (κ3) is 3.43. The minimum absolute atomic E-state index is 0.189. The van der Waals surface area contributed by atoms with Gasteiger partial charge in [-0.05, 0) is 37.3 Å². The molecule has 0 aliphatic carbocycles. The molecule has 0 spiro atoms. The van der Waals surface area contributed by atoms with E-state index in [4.69, 9.17) is 9.15 Å².